The summed E-state index contributed by atoms with van der Waals surface area (Å²) in [6.45, 7) is 4.14. The largest absolute Gasteiger partial charge is 0.226 e. The second kappa shape index (κ2) is 4.19. The molecule has 0 unspecified atom stereocenters. The number of hydrogen-bond acceptors (Lipinski definition) is 2. The van der Waals surface area contributed by atoms with Crippen LogP contribution < -0.4 is 0 Å². The van der Waals surface area contributed by atoms with Crippen molar-refractivity contribution in [3.05, 3.63) is 0 Å². The van der Waals surface area contributed by atoms with E-state index in [1.165, 1.54) is 17.7 Å². The lowest BCUT2D eigenvalue weighted by atomic mass is 10.3. The van der Waals surface area contributed by atoms with E-state index < -0.39 is 0 Å². The maximum Gasteiger partial charge on any atom is 0.0228 e. The normalized spacial score (nSPS) is 12.1. The molecule has 0 radical (unpaired) electrons. The number of rotatable bonds is 2. The topological polar surface area (TPSA) is 12.4 Å². The van der Waals surface area contributed by atoms with Gasteiger partial charge in [-0.3, -0.25) is 0 Å². The number of nitrogens with zero attached hydrogens (tertiary/aromatic N) is 1. The summed E-state index contributed by atoms with van der Waals surface area (Å²) in [6.07, 6.45) is 3.04. The van der Waals surface area contributed by atoms with Crippen LogP contribution in [0, 0.1) is 0 Å². The molecule has 0 amide bonds. The summed E-state index contributed by atoms with van der Waals surface area (Å²) in [5.41, 5.74) is 1.22. The molecule has 7 heavy (non-hydrogen) atoms. The van der Waals surface area contributed by atoms with Crippen LogP contribution in [0.4, 0.5) is 0 Å². The quantitative estimate of drug-likeness (QED) is 0.398. The fraction of sp³-hybridized carbons (Fsp3) is 0.800. The number of hydrogen-bond donors (Lipinski definition) is 0. The van der Waals surface area contributed by atoms with Crippen molar-refractivity contribution in [3.63, 3.8) is 0 Å². The molecule has 0 saturated heterocycles. The first kappa shape index (κ1) is 7.02. The zero-order valence-corrected chi connectivity index (χ0v) is 5.88. The average Bonchev–Trinajstić information content (AvgIpc) is 1.68. The van der Waals surface area contributed by atoms with Gasteiger partial charge in [-0.25, -0.2) is 4.40 Å². The minimum atomic E-state index is 1.07. The molecule has 0 aliphatic carbocycles. The van der Waals surface area contributed by atoms with Crippen LogP contribution in [0.2, 0.25) is 0 Å². The molecule has 0 heterocycles. The van der Waals surface area contributed by atoms with Gasteiger partial charge in [-0.15, -0.1) is 0 Å². The summed E-state index contributed by atoms with van der Waals surface area (Å²) < 4.78 is 4.08. The SMILES string of the molecule is CCC(C)=NSC. The first-order valence-electron chi connectivity index (χ1n) is 2.38. The highest BCUT2D eigenvalue weighted by atomic mass is 32.2. The molecule has 0 fully saturated rings. The van der Waals surface area contributed by atoms with Crippen molar-refractivity contribution >= 4 is 17.7 Å². The van der Waals surface area contributed by atoms with E-state index in [1.54, 1.807) is 0 Å². The summed E-state index contributed by atoms with van der Waals surface area (Å²) in [5, 5.41) is 0. The van der Waals surface area contributed by atoms with Gasteiger partial charge in [0.05, 0.1) is 0 Å². The molecule has 0 saturated carbocycles. The molecule has 0 atom stereocenters. The average molecular weight is 117 g/mol. The van der Waals surface area contributed by atoms with Gasteiger partial charge in [-0.2, -0.15) is 0 Å². The summed E-state index contributed by atoms with van der Waals surface area (Å²) >= 11 is 1.52. The predicted molar refractivity (Wildman–Crippen MR) is 36.9 cm³/mol. The zero-order chi connectivity index (χ0) is 5.70. The molecule has 42 valence electrons. The molecule has 0 aromatic rings. The third kappa shape index (κ3) is 3.86. The molecule has 2 heteroatoms. The van der Waals surface area contributed by atoms with Gasteiger partial charge in [0.2, 0.25) is 0 Å². The minimum Gasteiger partial charge on any atom is -0.226 e. The lowest BCUT2D eigenvalue weighted by molar-refractivity contribution is 1.27. The summed E-state index contributed by atoms with van der Waals surface area (Å²) in [7, 11) is 0. The lowest BCUT2D eigenvalue weighted by Gasteiger charge is -1.87. The Labute approximate surface area is 49.4 Å². The Hall–Kier alpha value is 0.0200. The van der Waals surface area contributed by atoms with Gasteiger partial charge in [-0.05, 0) is 25.3 Å². The molecule has 0 aromatic heterocycles. The van der Waals surface area contributed by atoms with Crippen molar-refractivity contribution in [1.82, 2.24) is 0 Å². The van der Waals surface area contributed by atoms with E-state index in [0.29, 0.717) is 0 Å². The van der Waals surface area contributed by atoms with Crippen molar-refractivity contribution in [3.8, 4) is 0 Å². The fourth-order valence-electron chi connectivity index (χ4n) is 0.220. The van der Waals surface area contributed by atoms with Gasteiger partial charge in [-0.1, -0.05) is 6.92 Å². The van der Waals surface area contributed by atoms with Gasteiger partial charge < -0.3 is 0 Å². The highest BCUT2D eigenvalue weighted by Gasteiger charge is 1.79. The van der Waals surface area contributed by atoms with Gasteiger partial charge in [0.15, 0.2) is 0 Å². The second-order valence-electron chi connectivity index (χ2n) is 1.36. The zero-order valence-electron chi connectivity index (χ0n) is 5.06. The van der Waals surface area contributed by atoms with Crippen LogP contribution in [0.15, 0.2) is 4.40 Å². The maximum absolute atomic E-state index is 4.08. The van der Waals surface area contributed by atoms with E-state index in [-0.39, 0.29) is 0 Å². The third-order valence-corrected chi connectivity index (χ3v) is 1.25. The fourth-order valence-corrected chi connectivity index (χ4v) is 0.661. The van der Waals surface area contributed by atoms with Crippen molar-refractivity contribution in [1.29, 1.82) is 0 Å². The summed E-state index contributed by atoms with van der Waals surface area (Å²) in [5.74, 6) is 0. The van der Waals surface area contributed by atoms with Gasteiger partial charge >= 0.3 is 0 Å². The molecule has 0 rings (SSSR count). The molecule has 0 bridgehead atoms. The van der Waals surface area contributed by atoms with Crippen molar-refractivity contribution in [2.75, 3.05) is 6.26 Å². The monoisotopic (exact) mass is 117 g/mol. The first-order valence-corrected chi connectivity index (χ1v) is 3.56. The van der Waals surface area contributed by atoms with Crippen LogP contribution >= 0.6 is 11.9 Å². The Morgan fingerprint density at radius 2 is 2.29 bits per heavy atom. The standard InChI is InChI=1S/C5H11NS/c1-4-5(2)6-7-3/h4H2,1-3H3. The molecule has 0 N–H and O–H groups in total. The van der Waals surface area contributed by atoms with Crippen LogP contribution in [0.5, 0.6) is 0 Å². The molecular weight excluding hydrogens is 106 g/mol. The highest BCUT2D eigenvalue weighted by molar-refractivity contribution is 7.97. The summed E-state index contributed by atoms with van der Waals surface area (Å²) in [4.78, 5) is 0. The van der Waals surface area contributed by atoms with E-state index in [9.17, 15) is 0 Å². The van der Waals surface area contributed by atoms with Crippen LogP contribution in [0.3, 0.4) is 0 Å². The smallest absolute Gasteiger partial charge is 0.0228 e. The molecule has 0 aromatic carbocycles. The lowest BCUT2D eigenvalue weighted by Crippen LogP contribution is -1.82. The van der Waals surface area contributed by atoms with Crippen LogP contribution in [0.1, 0.15) is 20.3 Å². The maximum atomic E-state index is 4.08. The van der Waals surface area contributed by atoms with E-state index in [2.05, 4.69) is 11.3 Å². The van der Waals surface area contributed by atoms with Crippen LogP contribution in [0.25, 0.3) is 0 Å². The minimum absolute atomic E-state index is 1.07. The van der Waals surface area contributed by atoms with E-state index >= 15 is 0 Å². The highest BCUT2D eigenvalue weighted by Crippen LogP contribution is 1.95. The molecule has 0 aliphatic heterocycles. The van der Waals surface area contributed by atoms with E-state index in [4.69, 9.17) is 0 Å². The predicted octanol–water partition coefficient (Wildman–Crippen LogP) is 2.14. The van der Waals surface area contributed by atoms with Crippen molar-refractivity contribution < 1.29 is 0 Å². The molecule has 0 spiro atoms. The molecule has 0 aliphatic rings. The van der Waals surface area contributed by atoms with Crippen LogP contribution in [-0.2, 0) is 0 Å². The summed E-state index contributed by atoms with van der Waals surface area (Å²) in [6, 6.07) is 0. The van der Waals surface area contributed by atoms with Crippen molar-refractivity contribution in [2.45, 2.75) is 20.3 Å². The Morgan fingerprint density at radius 3 is 2.43 bits per heavy atom. The molecule has 1 nitrogen and oxygen atoms in total. The van der Waals surface area contributed by atoms with E-state index in [0.717, 1.165) is 6.42 Å². The van der Waals surface area contributed by atoms with Gasteiger partial charge in [0, 0.05) is 12.0 Å². The van der Waals surface area contributed by atoms with Crippen LogP contribution in [-0.4, -0.2) is 12.0 Å². The molecular formula is C5H11NS. The van der Waals surface area contributed by atoms with Gasteiger partial charge in [0.25, 0.3) is 0 Å². The first-order chi connectivity index (χ1) is 3.31. The second-order valence-corrected chi connectivity index (χ2v) is 1.91. The Bertz CT molecular complexity index is 68.5. The third-order valence-electron chi connectivity index (χ3n) is 0.759. The van der Waals surface area contributed by atoms with Crippen molar-refractivity contribution in [2.24, 2.45) is 4.40 Å². The Kier molecular flexibility index (Phi) is 4.20. The Balaban J connectivity index is 3.29. The van der Waals surface area contributed by atoms with E-state index in [1.807, 2.05) is 13.2 Å². The van der Waals surface area contributed by atoms with Gasteiger partial charge in [0.1, 0.15) is 0 Å². The Morgan fingerprint density at radius 1 is 1.71 bits per heavy atom.